The largest absolute Gasteiger partial charge is 0.497 e. The zero-order chi connectivity index (χ0) is 21.4. The van der Waals surface area contributed by atoms with Crippen LogP contribution in [0.5, 0.6) is 11.5 Å². The highest BCUT2D eigenvalue weighted by Gasteiger charge is 2.11. The van der Waals surface area contributed by atoms with Crippen LogP contribution < -0.4 is 20.1 Å². The van der Waals surface area contributed by atoms with Gasteiger partial charge in [-0.1, -0.05) is 12.1 Å². The van der Waals surface area contributed by atoms with Gasteiger partial charge in [-0.15, -0.1) is 24.0 Å². The number of hydrogen-bond donors (Lipinski definition) is 2. The summed E-state index contributed by atoms with van der Waals surface area (Å²) in [5.41, 5.74) is 2.64. The first-order chi connectivity index (χ1) is 13.8. The number of aryl methyl sites for hydroxylation is 1. The molecule has 0 aromatic heterocycles. The molecular formula is C21H30IN3O4S. The van der Waals surface area contributed by atoms with Crippen molar-refractivity contribution in [3.05, 3.63) is 53.1 Å². The Bertz CT molecular complexity index is 978. The van der Waals surface area contributed by atoms with Gasteiger partial charge < -0.3 is 20.1 Å². The van der Waals surface area contributed by atoms with Crippen LogP contribution in [0.2, 0.25) is 0 Å². The van der Waals surface area contributed by atoms with Crippen LogP contribution in [0, 0.1) is 6.92 Å². The van der Waals surface area contributed by atoms with Crippen LogP contribution >= 0.6 is 24.0 Å². The highest BCUT2D eigenvalue weighted by Crippen LogP contribution is 2.24. The minimum atomic E-state index is -3.22. The molecule has 0 bridgehead atoms. The van der Waals surface area contributed by atoms with Gasteiger partial charge in [0.2, 0.25) is 0 Å². The number of rotatable bonds is 8. The van der Waals surface area contributed by atoms with E-state index in [0.29, 0.717) is 23.9 Å². The number of methoxy groups -OCH3 is 2. The van der Waals surface area contributed by atoms with Gasteiger partial charge in [-0.3, -0.25) is 0 Å². The predicted octanol–water partition coefficient (Wildman–Crippen LogP) is 3.29. The molecule has 0 atom stereocenters. The third-order valence-electron chi connectivity index (χ3n) is 4.34. The Morgan fingerprint density at radius 3 is 2.37 bits per heavy atom. The normalized spacial score (nSPS) is 11.4. The van der Waals surface area contributed by atoms with Crippen LogP contribution in [0.25, 0.3) is 0 Å². The first-order valence-corrected chi connectivity index (χ1v) is 11.2. The Balaban J connectivity index is 0.00000450. The summed E-state index contributed by atoms with van der Waals surface area (Å²) < 4.78 is 34.2. The molecule has 0 saturated carbocycles. The second-order valence-corrected chi connectivity index (χ2v) is 8.58. The number of aliphatic imine (C=N–C) groups is 1. The van der Waals surface area contributed by atoms with Crippen molar-refractivity contribution in [1.29, 1.82) is 0 Å². The lowest BCUT2D eigenvalue weighted by Crippen LogP contribution is -2.36. The maximum atomic E-state index is 11.8. The lowest BCUT2D eigenvalue weighted by molar-refractivity contribution is 0.390. The van der Waals surface area contributed by atoms with E-state index >= 15 is 0 Å². The molecule has 2 rings (SSSR count). The Morgan fingerprint density at radius 2 is 1.80 bits per heavy atom. The SMILES string of the molecule is CCNC(=NCc1ccc(S(C)(=O)=O)c(C)c1)NCc1ccc(OC)cc1OC.I. The van der Waals surface area contributed by atoms with Gasteiger partial charge in [0.1, 0.15) is 11.5 Å². The number of nitrogens with one attached hydrogen (secondary N) is 2. The molecule has 0 unspecified atom stereocenters. The summed E-state index contributed by atoms with van der Waals surface area (Å²) in [5, 5.41) is 6.50. The maximum absolute atomic E-state index is 11.8. The van der Waals surface area contributed by atoms with Crippen LogP contribution in [0.4, 0.5) is 0 Å². The van der Waals surface area contributed by atoms with Crippen LogP contribution in [-0.2, 0) is 22.9 Å². The summed E-state index contributed by atoms with van der Waals surface area (Å²) >= 11 is 0. The highest BCUT2D eigenvalue weighted by atomic mass is 127. The summed E-state index contributed by atoms with van der Waals surface area (Å²) in [6.07, 6.45) is 1.22. The third kappa shape index (κ3) is 7.35. The Kier molecular flexibility index (Phi) is 10.4. The molecule has 0 aliphatic heterocycles. The van der Waals surface area contributed by atoms with Gasteiger partial charge in [-0.2, -0.15) is 0 Å². The van der Waals surface area contributed by atoms with Gasteiger partial charge in [0.25, 0.3) is 0 Å². The smallest absolute Gasteiger partial charge is 0.191 e. The average Bonchev–Trinajstić information content (AvgIpc) is 2.69. The molecule has 166 valence electrons. The summed E-state index contributed by atoms with van der Waals surface area (Å²) in [7, 11) is 0.0205. The molecule has 30 heavy (non-hydrogen) atoms. The van der Waals surface area contributed by atoms with Crippen molar-refractivity contribution < 1.29 is 17.9 Å². The summed E-state index contributed by atoms with van der Waals surface area (Å²) in [6, 6.07) is 11.0. The number of halogens is 1. The fourth-order valence-corrected chi connectivity index (χ4v) is 3.87. The van der Waals surface area contributed by atoms with Crippen molar-refractivity contribution in [1.82, 2.24) is 10.6 Å². The average molecular weight is 547 g/mol. The van der Waals surface area contributed by atoms with Crippen LogP contribution in [-0.4, -0.2) is 41.4 Å². The molecule has 7 nitrogen and oxygen atoms in total. The molecule has 0 heterocycles. The van der Waals surface area contributed by atoms with Crippen molar-refractivity contribution in [2.75, 3.05) is 27.0 Å². The van der Waals surface area contributed by atoms with Crippen LogP contribution in [0.3, 0.4) is 0 Å². The molecule has 2 aromatic rings. The standard InChI is InChI=1S/C21H29N3O4S.HI/c1-6-22-21(24-14-17-8-9-18(27-3)12-19(17)28-4)23-13-16-7-10-20(15(2)11-16)29(5,25)26;/h7-12H,6,13-14H2,1-5H3,(H2,22,23,24);1H. The highest BCUT2D eigenvalue weighted by molar-refractivity contribution is 14.0. The molecule has 0 radical (unpaired) electrons. The summed E-state index contributed by atoms with van der Waals surface area (Å²) in [6.45, 7) is 5.47. The van der Waals surface area contributed by atoms with Gasteiger partial charge in [0.15, 0.2) is 15.8 Å². The minimum absolute atomic E-state index is 0. The number of ether oxygens (including phenoxy) is 2. The van der Waals surface area contributed by atoms with Crippen molar-refractivity contribution >= 4 is 39.8 Å². The lowest BCUT2D eigenvalue weighted by atomic mass is 10.1. The van der Waals surface area contributed by atoms with Crippen molar-refractivity contribution in [3.63, 3.8) is 0 Å². The van der Waals surface area contributed by atoms with Crippen molar-refractivity contribution in [2.24, 2.45) is 4.99 Å². The minimum Gasteiger partial charge on any atom is -0.497 e. The predicted molar refractivity (Wildman–Crippen MR) is 131 cm³/mol. The molecule has 0 amide bonds. The molecule has 9 heteroatoms. The van der Waals surface area contributed by atoms with E-state index in [9.17, 15) is 8.42 Å². The Morgan fingerprint density at radius 1 is 1.07 bits per heavy atom. The van der Waals surface area contributed by atoms with E-state index in [-0.39, 0.29) is 24.0 Å². The Hall–Kier alpha value is -2.01. The van der Waals surface area contributed by atoms with E-state index in [1.54, 1.807) is 33.3 Å². The third-order valence-corrected chi connectivity index (χ3v) is 5.60. The molecule has 2 N–H and O–H groups in total. The van der Waals surface area contributed by atoms with Crippen molar-refractivity contribution in [2.45, 2.75) is 31.8 Å². The van der Waals surface area contributed by atoms with E-state index < -0.39 is 9.84 Å². The van der Waals surface area contributed by atoms with Crippen LogP contribution in [0.1, 0.15) is 23.6 Å². The van der Waals surface area contributed by atoms with Gasteiger partial charge in [-0.05, 0) is 43.2 Å². The van der Waals surface area contributed by atoms with E-state index in [1.807, 2.05) is 31.2 Å². The summed E-state index contributed by atoms with van der Waals surface area (Å²) in [5.74, 6) is 2.13. The molecule has 0 fully saturated rings. The lowest BCUT2D eigenvalue weighted by Gasteiger charge is -2.14. The second kappa shape index (κ2) is 12.0. The first kappa shape index (κ1) is 26.0. The quantitative estimate of drug-likeness (QED) is 0.300. The fourth-order valence-electron chi connectivity index (χ4n) is 2.91. The fraction of sp³-hybridized carbons (Fsp3) is 0.381. The van der Waals surface area contributed by atoms with Crippen molar-refractivity contribution in [3.8, 4) is 11.5 Å². The molecule has 2 aromatic carbocycles. The molecular weight excluding hydrogens is 517 g/mol. The monoisotopic (exact) mass is 547 g/mol. The van der Waals surface area contributed by atoms with Gasteiger partial charge >= 0.3 is 0 Å². The van der Waals surface area contributed by atoms with Gasteiger partial charge in [0.05, 0.1) is 25.7 Å². The molecule has 0 spiro atoms. The van der Waals surface area contributed by atoms with E-state index in [0.717, 1.165) is 34.7 Å². The topological polar surface area (TPSA) is 89.0 Å². The number of benzene rings is 2. The number of hydrogen-bond acceptors (Lipinski definition) is 5. The number of nitrogens with zero attached hydrogens (tertiary/aromatic N) is 1. The maximum Gasteiger partial charge on any atom is 0.191 e. The Labute approximate surface area is 196 Å². The number of guanidine groups is 1. The zero-order valence-corrected chi connectivity index (χ0v) is 21.1. The van der Waals surface area contributed by atoms with E-state index in [4.69, 9.17) is 9.47 Å². The van der Waals surface area contributed by atoms with Gasteiger partial charge in [-0.25, -0.2) is 13.4 Å². The molecule has 0 aliphatic carbocycles. The second-order valence-electron chi connectivity index (χ2n) is 6.60. The molecule has 0 saturated heterocycles. The van der Waals surface area contributed by atoms with E-state index in [1.165, 1.54) is 6.26 Å². The molecule has 0 aliphatic rings. The summed E-state index contributed by atoms with van der Waals surface area (Å²) in [4.78, 5) is 4.95. The first-order valence-electron chi connectivity index (χ1n) is 9.31. The zero-order valence-electron chi connectivity index (χ0n) is 18.0. The van der Waals surface area contributed by atoms with Crippen LogP contribution in [0.15, 0.2) is 46.3 Å². The van der Waals surface area contributed by atoms with Gasteiger partial charge in [0, 0.05) is 31.0 Å². The number of sulfone groups is 1. The van der Waals surface area contributed by atoms with E-state index in [2.05, 4.69) is 15.6 Å².